The molecular weight excluding hydrogens is 455 g/mol. The topological polar surface area (TPSA) is 99.2 Å². The molecule has 0 spiro atoms. The summed E-state index contributed by atoms with van der Waals surface area (Å²) in [4.78, 5) is 35.1. The summed E-state index contributed by atoms with van der Waals surface area (Å²) in [6, 6.07) is 5.80. The summed E-state index contributed by atoms with van der Waals surface area (Å²) in [6.07, 6.45) is 4.48. The first kappa shape index (κ1) is 24.0. The second-order valence-corrected chi connectivity index (χ2v) is 9.73. The van der Waals surface area contributed by atoms with Gasteiger partial charge < -0.3 is 10.2 Å². The van der Waals surface area contributed by atoms with Crippen LogP contribution in [-0.4, -0.2) is 63.5 Å². The number of hydrogen-bond donors (Lipinski definition) is 2. The molecule has 11 heteroatoms. The summed E-state index contributed by atoms with van der Waals surface area (Å²) in [5.74, 6) is 1.14. The molecule has 9 nitrogen and oxygen atoms in total. The zero-order chi connectivity index (χ0) is 23.9. The number of nitrogens with one attached hydrogen (secondary N) is 2. The lowest BCUT2D eigenvalue weighted by atomic mass is 10.1. The van der Waals surface area contributed by atoms with Crippen LogP contribution in [0, 0.1) is 11.7 Å². The normalized spacial score (nSPS) is 14.4. The first-order valence-corrected chi connectivity index (χ1v) is 12.2. The molecule has 0 aliphatic carbocycles. The van der Waals surface area contributed by atoms with Gasteiger partial charge in [-0.1, -0.05) is 19.9 Å². The van der Waals surface area contributed by atoms with Gasteiger partial charge in [-0.25, -0.2) is 19.3 Å². The van der Waals surface area contributed by atoms with Crippen LogP contribution in [0.1, 0.15) is 25.1 Å². The fraction of sp³-hybridized carbons (Fsp3) is 0.435. The van der Waals surface area contributed by atoms with Gasteiger partial charge >= 0.3 is 0 Å². The van der Waals surface area contributed by atoms with Crippen LogP contribution in [0.15, 0.2) is 36.8 Å². The van der Waals surface area contributed by atoms with Crippen LogP contribution in [0.3, 0.4) is 0 Å². The highest BCUT2D eigenvalue weighted by molar-refractivity contribution is 7.15. The van der Waals surface area contributed by atoms with Crippen LogP contribution in [0.2, 0.25) is 0 Å². The molecule has 34 heavy (non-hydrogen) atoms. The summed E-state index contributed by atoms with van der Waals surface area (Å²) >= 11 is 1.34. The van der Waals surface area contributed by atoms with E-state index in [1.807, 2.05) is 0 Å². The lowest BCUT2D eigenvalue weighted by Crippen LogP contribution is -2.47. The molecule has 1 amide bonds. The van der Waals surface area contributed by atoms with Gasteiger partial charge in [-0.2, -0.15) is 4.98 Å². The highest BCUT2D eigenvalue weighted by Crippen LogP contribution is 2.22. The summed E-state index contributed by atoms with van der Waals surface area (Å²) in [5, 5.41) is 6.38. The minimum absolute atomic E-state index is 0.138. The molecule has 0 unspecified atom stereocenters. The van der Waals surface area contributed by atoms with E-state index in [2.05, 4.69) is 54.2 Å². The van der Waals surface area contributed by atoms with Gasteiger partial charge in [-0.15, -0.1) is 11.3 Å². The van der Waals surface area contributed by atoms with Gasteiger partial charge in [0, 0.05) is 42.9 Å². The van der Waals surface area contributed by atoms with Crippen molar-refractivity contribution < 1.29 is 9.18 Å². The average Bonchev–Trinajstić information content (AvgIpc) is 3.24. The third-order valence-electron chi connectivity index (χ3n) is 5.45. The predicted octanol–water partition coefficient (Wildman–Crippen LogP) is 3.56. The molecule has 0 radical (unpaired) electrons. The Morgan fingerprint density at radius 1 is 1.18 bits per heavy atom. The van der Waals surface area contributed by atoms with Crippen LogP contribution in [0.25, 0.3) is 0 Å². The zero-order valence-corrected chi connectivity index (χ0v) is 20.2. The highest BCUT2D eigenvalue weighted by atomic mass is 32.1. The Hall–Kier alpha value is -3.18. The van der Waals surface area contributed by atoms with Crippen molar-refractivity contribution in [3.63, 3.8) is 0 Å². The smallest absolute Gasteiger partial charge is 0.233 e. The van der Waals surface area contributed by atoms with Gasteiger partial charge in [0.2, 0.25) is 17.8 Å². The number of piperazine rings is 1. The molecule has 0 bridgehead atoms. The van der Waals surface area contributed by atoms with Crippen molar-refractivity contribution in [2.45, 2.75) is 26.7 Å². The van der Waals surface area contributed by atoms with E-state index in [1.165, 1.54) is 36.2 Å². The van der Waals surface area contributed by atoms with Gasteiger partial charge in [0.05, 0.1) is 6.42 Å². The number of hydrogen-bond acceptors (Lipinski definition) is 9. The second kappa shape index (κ2) is 11.3. The first-order valence-electron chi connectivity index (χ1n) is 11.4. The molecule has 1 fully saturated rings. The third kappa shape index (κ3) is 6.91. The second-order valence-electron chi connectivity index (χ2n) is 8.61. The number of rotatable bonds is 9. The molecule has 1 aliphatic rings. The van der Waals surface area contributed by atoms with E-state index in [4.69, 9.17) is 0 Å². The molecule has 4 rings (SSSR count). The van der Waals surface area contributed by atoms with Crippen molar-refractivity contribution in [1.29, 1.82) is 0 Å². The fourth-order valence-electron chi connectivity index (χ4n) is 3.58. The Morgan fingerprint density at radius 2 is 2.00 bits per heavy atom. The molecule has 1 saturated heterocycles. The lowest BCUT2D eigenvalue weighted by Gasteiger charge is -2.34. The van der Waals surface area contributed by atoms with Crippen LogP contribution in [0.4, 0.5) is 27.1 Å². The number of carbonyl (C=O) groups is 1. The van der Waals surface area contributed by atoms with Crippen molar-refractivity contribution in [1.82, 2.24) is 24.8 Å². The fourth-order valence-corrected chi connectivity index (χ4v) is 4.39. The maximum absolute atomic E-state index is 13.3. The lowest BCUT2D eigenvalue weighted by molar-refractivity contribution is -0.115. The predicted molar refractivity (Wildman–Crippen MR) is 132 cm³/mol. The zero-order valence-electron chi connectivity index (χ0n) is 19.4. The Morgan fingerprint density at radius 3 is 2.76 bits per heavy atom. The summed E-state index contributed by atoms with van der Waals surface area (Å²) in [5.41, 5.74) is 0.423. The maximum Gasteiger partial charge on any atom is 0.233 e. The van der Waals surface area contributed by atoms with E-state index >= 15 is 0 Å². The molecule has 0 atom stereocenters. The molecule has 3 aromatic rings. The monoisotopic (exact) mass is 484 g/mol. The summed E-state index contributed by atoms with van der Waals surface area (Å²) in [7, 11) is 0. The minimum Gasteiger partial charge on any atom is -0.338 e. The summed E-state index contributed by atoms with van der Waals surface area (Å²) < 4.78 is 13.3. The van der Waals surface area contributed by atoms with E-state index in [9.17, 15) is 9.18 Å². The van der Waals surface area contributed by atoms with Crippen LogP contribution < -0.4 is 15.5 Å². The van der Waals surface area contributed by atoms with Crippen molar-refractivity contribution in [3.8, 4) is 0 Å². The van der Waals surface area contributed by atoms with Crippen LogP contribution in [0.5, 0.6) is 0 Å². The number of nitrogens with zero attached hydrogens (tertiary/aromatic N) is 6. The summed E-state index contributed by atoms with van der Waals surface area (Å²) in [6.45, 7) is 9.38. The standard InChI is InChI=1S/C23H29FN8OS/c1-16(2)6-7-31-8-10-32(11-9-31)22-27-15-26-21(29-22)30-23-25-14-19(34-23)13-20(33)28-18-5-3-4-17(24)12-18/h3-5,12,14-16H,6-11,13H2,1-2H3,(H,28,33)(H,25,26,27,29,30). The quantitative estimate of drug-likeness (QED) is 0.476. The van der Waals surface area contributed by atoms with Gasteiger partial charge in [0.1, 0.15) is 12.1 Å². The average molecular weight is 485 g/mol. The molecule has 2 N–H and O–H groups in total. The third-order valence-corrected chi connectivity index (χ3v) is 6.37. The molecule has 2 aromatic heterocycles. The van der Waals surface area contributed by atoms with E-state index in [1.54, 1.807) is 18.3 Å². The molecular formula is C23H29FN8OS. The number of benzene rings is 1. The largest absolute Gasteiger partial charge is 0.338 e. The Bertz CT molecular complexity index is 1100. The highest BCUT2D eigenvalue weighted by Gasteiger charge is 2.19. The van der Waals surface area contributed by atoms with E-state index in [0.717, 1.165) is 37.6 Å². The molecule has 0 saturated carbocycles. The number of amides is 1. The Labute approximate surface area is 202 Å². The number of thiazole rings is 1. The Kier molecular flexibility index (Phi) is 7.96. The van der Waals surface area contributed by atoms with Gasteiger partial charge in [-0.05, 0) is 37.1 Å². The van der Waals surface area contributed by atoms with Gasteiger partial charge in [0.15, 0.2) is 5.13 Å². The minimum atomic E-state index is -0.396. The molecule has 3 heterocycles. The van der Waals surface area contributed by atoms with E-state index < -0.39 is 5.82 Å². The van der Waals surface area contributed by atoms with E-state index in [0.29, 0.717) is 28.6 Å². The van der Waals surface area contributed by atoms with Crippen molar-refractivity contribution in [2.75, 3.05) is 48.3 Å². The SMILES string of the molecule is CC(C)CCN1CCN(c2ncnc(Nc3ncc(CC(=O)Nc4cccc(F)c4)s3)n2)CC1. The maximum atomic E-state index is 13.3. The van der Waals surface area contributed by atoms with Gasteiger partial charge in [-0.3, -0.25) is 15.0 Å². The van der Waals surface area contributed by atoms with Gasteiger partial charge in [0.25, 0.3) is 0 Å². The van der Waals surface area contributed by atoms with Crippen LogP contribution in [-0.2, 0) is 11.2 Å². The van der Waals surface area contributed by atoms with Crippen LogP contribution >= 0.6 is 11.3 Å². The van der Waals surface area contributed by atoms with Crippen molar-refractivity contribution >= 4 is 40.0 Å². The molecule has 180 valence electrons. The number of anilines is 4. The number of aromatic nitrogens is 4. The van der Waals surface area contributed by atoms with Crippen molar-refractivity contribution in [2.24, 2.45) is 5.92 Å². The first-order chi connectivity index (χ1) is 16.4. The van der Waals surface area contributed by atoms with E-state index in [-0.39, 0.29) is 12.3 Å². The molecule has 1 aromatic carbocycles. The molecule has 1 aliphatic heterocycles. The van der Waals surface area contributed by atoms with Crippen molar-refractivity contribution in [3.05, 3.63) is 47.5 Å². The number of halogens is 1. The number of carbonyl (C=O) groups excluding carboxylic acids is 1. The Balaban J connectivity index is 1.29.